The van der Waals surface area contributed by atoms with Crippen LogP contribution in [-0.4, -0.2) is 6.04 Å². The monoisotopic (exact) mass is 299 g/mol. The zero-order valence-corrected chi connectivity index (χ0v) is 11.5. The fourth-order valence-electron chi connectivity index (χ4n) is 2.67. The maximum Gasteiger partial charge on any atom is 0.124 e. The standard InChI is InChI=1S/C14H19BrFN/c15-13-9-12(16)7-6-11(13)8-14(17)10-4-2-1-3-5-10/h6-7,9-10,14H,1-5,8,17H2. The van der Waals surface area contributed by atoms with Gasteiger partial charge in [-0.2, -0.15) is 0 Å². The molecule has 1 aromatic carbocycles. The number of benzene rings is 1. The summed E-state index contributed by atoms with van der Waals surface area (Å²) < 4.78 is 13.8. The molecule has 0 heterocycles. The van der Waals surface area contributed by atoms with Crippen LogP contribution in [0.15, 0.2) is 22.7 Å². The molecule has 0 aromatic heterocycles. The van der Waals surface area contributed by atoms with Gasteiger partial charge in [0.1, 0.15) is 5.82 Å². The molecule has 94 valence electrons. The average Bonchev–Trinajstić information content (AvgIpc) is 2.34. The highest BCUT2D eigenvalue weighted by molar-refractivity contribution is 9.10. The summed E-state index contributed by atoms with van der Waals surface area (Å²) in [7, 11) is 0. The number of halogens is 2. The first kappa shape index (κ1) is 13.0. The van der Waals surface area contributed by atoms with Crippen LogP contribution in [0.5, 0.6) is 0 Å². The SMILES string of the molecule is NC(Cc1ccc(F)cc1Br)C1CCCCC1. The summed E-state index contributed by atoms with van der Waals surface area (Å²) in [6.07, 6.45) is 7.31. The van der Waals surface area contributed by atoms with Crippen molar-refractivity contribution in [2.45, 2.75) is 44.6 Å². The molecule has 1 nitrogen and oxygen atoms in total. The van der Waals surface area contributed by atoms with Gasteiger partial charge in [0.05, 0.1) is 0 Å². The Hall–Kier alpha value is -0.410. The van der Waals surface area contributed by atoms with Crippen molar-refractivity contribution in [1.29, 1.82) is 0 Å². The molecule has 2 N–H and O–H groups in total. The summed E-state index contributed by atoms with van der Waals surface area (Å²) in [5.74, 6) is 0.438. The summed E-state index contributed by atoms with van der Waals surface area (Å²) in [6.45, 7) is 0. The Morgan fingerprint density at radius 3 is 2.65 bits per heavy atom. The van der Waals surface area contributed by atoms with Crippen LogP contribution < -0.4 is 5.73 Å². The van der Waals surface area contributed by atoms with Crippen LogP contribution in [0.1, 0.15) is 37.7 Å². The predicted molar refractivity (Wildman–Crippen MR) is 72.4 cm³/mol. The van der Waals surface area contributed by atoms with Crippen LogP contribution in [0.2, 0.25) is 0 Å². The van der Waals surface area contributed by atoms with Gasteiger partial charge in [-0.1, -0.05) is 41.3 Å². The van der Waals surface area contributed by atoms with E-state index in [2.05, 4.69) is 15.9 Å². The van der Waals surface area contributed by atoms with Crippen molar-refractivity contribution in [1.82, 2.24) is 0 Å². The third-order valence-corrected chi connectivity index (χ3v) is 4.46. The van der Waals surface area contributed by atoms with Crippen molar-refractivity contribution in [2.24, 2.45) is 11.7 Å². The van der Waals surface area contributed by atoms with E-state index in [1.807, 2.05) is 6.07 Å². The van der Waals surface area contributed by atoms with Gasteiger partial charge < -0.3 is 5.73 Å². The highest BCUT2D eigenvalue weighted by atomic mass is 79.9. The first-order valence-electron chi connectivity index (χ1n) is 6.36. The lowest BCUT2D eigenvalue weighted by atomic mass is 9.82. The number of nitrogens with two attached hydrogens (primary N) is 1. The van der Waals surface area contributed by atoms with E-state index < -0.39 is 0 Å². The fourth-order valence-corrected chi connectivity index (χ4v) is 3.18. The Kier molecular flexibility index (Phi) is 4.57. The Balaban J connectivity index is 1.99. The average molecular weight is 300 g/mol. The molecule has 1 unspecified atom stereocenters. The molecular weight excluding hydrogens is 281 g/mol. The van der Waals surface area contributed by atoms with Crippen LogP contribution in [-0.2, 0) is 6.42 Å². The minimum absolute atomic E-state index is 0.202. The van der Waals surface area contributed by atoms with Gasteiger partial charge in [-0.05, 0) is 42.9 Å². The Labute approximate surface area is 111 Å². The summed E-state index contributed by atoms with van der Waals surface area (Å²) in [5, 5.41) is 0. The summed E-state index contributed by atoms with van der Waals surface area (Å²) in [6, 6.07) is 5.07. The Bertz CT molecular complexity index is 374. The largest absolute Gasteiger partial charge is 0.327 e. The summed E-state index contributed by atoms with van der Waals surface area (Å²) in [5.41, 5.74) is 7.39. The van der Waals surface area contributed by atoms with Crippen molar-refractivity contribution in [3.05, 3.63) is 34.1 Å². The number of rotatable bonds is 3. The van der Waals surface area contributed by atoms with Crippen molar-refractivity contribution in [3.63, 3.8) is 0 Å². The second kappa shape index (κ2) is 5.96. The molecule has 1 atom stereocenters. The van der Waals surface area contributed by atoms with E-state index in [-0.39, 0.29) is 11.9 Å². The van der Waals surface area contributed by atoms with Crippen LogP contribution >= 0.6 is 15.9 Å². The molecule has 2 rings (SSSR count). The molecule has 0 spiro atoms. The Morgan fingerprint density at radius 1 is 1.29 bits per heavy atom. The van der Waals surface area contributed by atoms with Crippen LogP contribution in [0.25, 0.3) is 0 Å². The van der Waals surface area contributed by atoms with E-state index in [1.54, 1.807) is 0 Å². The third-order valence-electron chi connectivity index (χ3n) is 3.73. The van der Waals surface area contributed by atoms with E-state index in [0.717, 1.165) is 16.5 Å². The molecule has 0 saturated heterocycles. The second-order valence-electron chi connectivity index (χ2n) is 5.00. The van der Waals surface area contributed by atoms with Gasteiger partial charge in [-0.15, -0.1) is 0 Å². The van der Waals surface area contributed by atoms with Gasteiger partial charge in [0.15, 0.2) is 0 Å². The smallest absolute Gasteiger partial charge is 0.124 e. The molecule has 0 radical (unpaired) electrons. The number of hydrogen-bond acceptors (Lipinski definition) is 1. The molecule has 1 aliphatic rings. The quantitative estimate of drug-likeness (QED) is 0.896. The zero-order chi connectivity index (χ0) is 12.3. The van der Waals surface area contributed by atoms with Crippen LogP contribution in [0.3, 0.4) is 0 Å². The lowest BCUT2D eigenvalue weighted by molar-refractivity contribution is 0.303. The molecule has 1 fully saturated rings. The molecular formula is C14H19BrFN. The highest BCUT2D eigenvalue weighted by Crippen LogP contribution is 2.28. The molecule has 1 saturated carbocycles. The maximum absolute atomic E-state index is 13.0. The molecule has 1 aliphatic carbocycles. The van der Waals surface area contributed by atoms with E-state index in [9.17, 15) is 4.39 Å². The fraction of sp³-hybridized carbons (Fsp3) is 0.571. The van der Waals surface area contributed by atoms with Gasteiger partial charge >= 0.3 is 0 Å². The lowest BCUT2D eigenvalue weighted by Gasteiger charge is -2.27. The van der Waals surface area contributed by atoms with Gasteiger partial charge in [0, 0.05) is 10.5 Å². The van der Waals surface area contributed by atoms with E-state index in [4.69, 9.17) is 5.73 Å². The molecule has 0 amide bonds. The minimum Gasteiger partial charge on any atom is -0.327 e. The zero-order valence-electron chi connectivity index (χ0n) is 9.96. The predicted octanol–water partition coefficient (Wildman–Crippen LogP) is 4.04. The van der Waals surface area contributed by atoms with Crippen molar-refractivity contribution >= 4 is 15.9 Å². The maximum atomic E-state index is 13.0. The molecule has 0 bridgehead atoms. The lowest BCUT2D eigenvalue weighted by Crippen LogP contribution is -2.33. The third kappa shape index (κ3) is 3.52. The Morgan fingerprint density at radius 2 is 2.00 bits per heavy atom. The van der Waals surface area contributed by atoms with Gasteiger partial charge in [-0.3, -0.25) is 0 Å². The van der Waals surface area contributed by atoms with Gasteiger partial charge in [-0.25, -0.2) is 4.39 Å². The van der Waals surface area contributed by atoms with Crippen LogP contribution in [0, 0.1) is 11.7 Å². The van der Waals surface area contributed by atoms with E-state index in [1.165, 1.54) is 44.2 Å². The van der Waals surface area contributed by atoms with Crippen molar-refractivity contribution in [3.8, 4) is 0 Å². The molecule has 17 heavy (non-hydrogen) atoms. The minimum atomic E-state index is -0.202. The molecule has 1 aromatic rings. The summed E-state index contributed by atoms with van der Waals surface area (Å²) >= 11 is 3.40. The topological polar surface area (TPSA) is 26.0 Å². The van der Waals surface area contributed by atoms with E-state index >= 15 is 0 Å². The summed E-state index contributed by atoms with van der Waals surface area (Å²) in [4.78, 5) is 0. The second-order valence-corrected chi connectivity index (χ2v) is 5.86. The van der Waals surface area contributed by atoms with Gasteiger partial charge in [0.2, 0.25) is 0 Å². The van der Waals surface area contributed by atoms with Gasteiger partial charge in [0.25, 0.3) is 0 Å². The van der Waals surface area contributed by atoms with E-state index in [0.29, 0.717) is 5.92 Å². The van der Waals surface area contributed by atoms with Crippen molar-refractivity contribution in [2.75, 3.05) is 0 Å². The number of hydrogen-bond donors (Lipinski definition) is 1. The van der Waals surface area contributed by atoms with Crippen molar-refractivity contribution < 1.29 is 4.39 Å². The normalized spacial score (nSPS) is 19.2. The molecule has 3 heteroatoms. The van der Waals surface area contributed by atoms with Crippen LogP contribution in [0.4, 0.5) is 4.39 Å². The first-order chi connectivity index (χ1) is 8.16. The first-order valence-corrected chi connectivity index (χ1v) is 7.15. The highest BCUT2D eigenvalue weighted by Gasteiger charge is 2.21. The molecule has 0 aliphatic heterocycles.